The van der Waals surface area contributed by atoms with Crippen molar-refractivity contribution in [3.63, 3.8) is 0 Å². The van der Waals surface area contributed by atoms with Crippen LogP contribution in [0.15, 0.2) is 24.3 Å². The fourth-order valence-electron chi connectivity index (χ4n) is 2.10. The lowest BCUT2D eigenvalue weighted by atomic mass is 10.1. The molecule has 0 saturated carbocycles. The van der Waals surface area contributed by atoms with Crippen LogP contribution in [-0.2, 0) is 6.54 Å². The van der Waals surface area contributed by atoms with Gasteiger partial charge < -0.3 is 14.7 Å². The first-order valence-electron chi connectivity index (χ1n) is 7.15. The first kappa shape index (κ1) is 17.9. The molecule has 124 valence electrons. The number of benzene rings is 1. The molecule has 1 heterocycles. The fraction of sp³-hybridized carbons (Fsp3) is 0.312. The topological polar surface area (TPSA) is 49.8 Å². The molecular weight excluding hydrogens is 357 g/mol. The van der Waals surface area contributed by atoms with E-state index in [0.717, 1.165) is 4.88 Å². The Labute approximate surface area is 149 Å². The highest BCUT2D eigenvalue weighted by Gasteiger charge is 2.19. The molecule has 7 heteroatoms. The van der Waals surface area contributed by atoms with Gasteiger partial charge in [-0.05, 0) is 38.1 Å². The van der Waals surface area contributed by atoms with Crippen LogP contribution in [0.25, 0.3) is 0 Å². The molecule has 1 aromatic carbocycles. The summed E-state index contributed by atoms with van der Waals surface area (Å²) in [7, 11) is 0. The van der Waals surface area contributed by atoms with Gasteiger partial charge in [0, 0.05) is 17.0 Å². The van der Waals surface area contributed by atoms with Crippen LogP contribution in [-0.4, -0.2) is 29.1 Å². The van der Waals surface area contributed by atoms with Gasteiger partial charge in [-0.1, -0.05) is 23.2 Å². The summed E-state index contributed by atoms with van der Waals surface area (Å²) >= 11 is 13.4. The van der Waals surface area contributed by atoms with Gasteiger partial charge in [0.2, 0.25) is 0 Å². The average Bonchev–Trinajstić information content (AvgIpc) is 2.94. The maximum absolute atomic E-state index is 12.7. The van der Waals surface area contributed by atoms with Crippen LogP contribution in [0.2, 0.25) is 9.36 Å². The lowest BCUT2D eigenvalue weighted by Crippen LogP contribution is -2.30. The van der Waals surface area contributed by atoms with E-state index in [9.17, 15) is 9.90 Å². The fourth-order valence-corrected chi connectivity index (χ4v) is 3.41. The minimum Gasteiger partial charge on any atom is -0.503 e. The van der Waals surface area contributed by atoms with Crippen molar-refractivity contribution in [3.05, 3.63) is 44.1 Å². The lowest BCUT2D eigenvalue weighted by molar-refractivity contribution is 0.0753. The zero-order valence-electron chi connectivity index (χ0n) is 12.8. The zero-order chi connectivity index (χ0) is 17.0. The van der Waals surface area contributed by atoms with Crippen LogP contribution in [0, 0.1) is 0 Å². The molecule has 1 aromatic heterocycles. The van der Waals surface area contributed by atoms with E-state index in [2.05, 4.69) is 0 Å². The summed E-state index contributed by atoms with van der Waals surface area (Å²) in [6.45, 7) is 5.07. The van der Waals surface area contributed by atoms with Crippen molar-refractivity contribution < 1.29 is 14.6 Å². The Morgan fingerprint density at radius 3 is 2.61 bits per heavy atom. The van der Waals surface area contributed by atoms with Gasteiger partial charge in [-0.25, -0.2) is 0 Å². The second-order valence-electron chi connectivity index (χ2n) is 4.76. The molecule has 0 atom stereocenters. The third-order valence-electron chi connectivity index (χ3n) is 3.22. The number of nitrogens with zero attached hydrogens (tertiary/aromatic N) is 1. The summed E-state index contributed by atoms with van der Waals surface area (Å²) in [5.41, 5.74) is 0.376. The quantitative estimate of drug-likeness (QED) is 0.789. The second-order valence-corrected chi connectivity index (χ2v) is 6.97. The summed E-state index contributed by atoms with van der Waals surface area (Å²) in [4.78, 5) is 15.4. The first-order chi connectivity index (χ1) is 11.0. The second kappa shape index (κ2) is 7.90. The molecule has 0 bridgehead atoms. The molecule has 0 unspecified atom stereocenters. The maximum atomic E-state index is 12.7. The number of amides is 1. The molecule has 0 aliphatic heterocycles. The number of hydrogen-bond acceptors (Lipinski definition) is 4. The summed E-state index contributed by atoms with van der Waals surface area (Å²) in [6.07, 6.45) is 0. The SMILES string of the molecule is CCOc1cc(C(=O)N(CC)Cc2ccc(Cl)s2)cc(Cl)c1O. The Kier molecular flexibility index (Phi) is 6.16. The Balaban J connectivity index is 2.26. The number of hydrogen-bond donors (Lipinski definition) is 1. The molecule has 0 saturated heterocycles. The van der Waals surface area contributed by atoms with Crippen molar-refractivity contribution in [2.75, 3.05) is 13.2 Å². The van der Waals surface area contributed by atoms with Crippen molar-refractivity contribution in [3.8, 4) is 11.5 Å². The number of phenols is 1. The van der Waals surface area contributed by atoms with Gasteiger partial charge in [0.05, 0.1) is 22.5 Å². The van der Waals surface area contributed by atoms with Gasteiger partial charge in [0.1, 0.15) is 0 Å². The molecule has 0 fully saturated rings. The van der Waals surface area contributed by atoms with Crippen LogP contribution in [0.1, 0.15) is 29.1 Å². The van der Waals surface area contributed by atoms with Crippen molar-refractivity contribution in [1.82, 2.24) is 4.90 Å². The van der Waals surface area contributed by atoms with E-state index in [4.69, 9.17) is 27.9 Å². The molecule has 1 amide bonds. The first-order valence-corrected chi connectivity index (χ1v) is 8.72. The van der Waals surface area contributed by atoms with Crippen LogP contribution in [0.3, 0.4) is 0 Å². The van der Waals surface area contributed by atoms with E-state index in [1.165, 1.54) is 23.5 Å². The predicted octanol–water partition coefficient (Wildman–Crippen LogP) is 4.82. The molecule has 1 N–H and O–H groups in total. The van der Waals surface area contributed by atoms with Crippen LogP contribution < -0.4 is 4.74 Å². The largest absolute Gasteiger partial charge is 0.503 e. The molecule has 2 aromatic rings. The number of ether oxygens (including phenoxy) is 1. The van der Waals surface area contributed by atoms with E-state index in [1.54, 1.807) is 11.8 Å². The molecule has 0 radical (unpaired) electrons. The minimum atomic E-state index is -0.181. The highest BCUT2D eigenvalue weighted by molar-refractivity contribution is 7.16. The predicted molar refractivity (Wildman–Crippen MR) is 94.0 cm³/mol. The molecule has 0 spiro atoms. The summed E-state index contributed by atoms with van der Waals surface area (Å²) in [5.74, 6) is -0.128. The summed E-state index contributed by atoms with van der Waals surface area (Å²) in [6, 6.07) is 6.67. The standard InChI is InChI=1S/C16H17Cl2NO3S/c1-3-19(9-11-5-6-14(18)23-11)16(21)10-7-12(17)15(20)13(8-10)22-4-2/h5-8,20H,3-4,9H2,1-2H3. The van der Waals surface area contributed by atoms with Gasteiger partial charge >= 0.3 is 0 Å². The number of rotatable bonds is 6. The van der Waals surface area contributed by atoms with E-state index in [-0.39, 0.29) is 22.4 Å². The summed E-state index contributed by atoms with van der Waals surface area (Å²) in [5, 5.41) is 9.97. The smallest absolute Gasteiger partial charge is 0.254 e. The van der Waals surface area contributed by atoms with Crippen LogP contribution in [0.5, 0.6) is 11.5 Å². The lowest BCUT2D eigenvalue weighted by Gasteiger charge is -2.21. The Hall–Kier alpha value is -1.43. The monoisotopic (exact) mass is 373 g/mol. The van der Waals surface area contributed by atoms with E-state index in [1.807, 2.05) is 19.1 Å². The molecule has 2 rings (SSSR count). The number of carbonyl (C=O) groups excluding carboxylic acids is 1. The van der Waals surface area contributed by atoms with Crippen LogP contribution >= 0.6 is 34.5 Å². The van der Waals surface area contributed by atoms with Crippen molar-refractivity contribution in [2.24, 2.45) is 0 Å². The molecule has 0 aliphatic carbocycles. The zero-order valence-corrected chi connectivity index (χ0v) is 15.1. The van der Waals surface area contributed by atoms with E-state index >= 15 is 0 Å². The van der Waals surface area contributed by atoms with Crippen molar-refractivity contribution >= 4 is 40.4 Å². The maximum Gasteiger partial charge on any atom is 0.254 e. The highest BCUT2D eigenvalue weighted by atomic mass is 35.5. The van der Waals surface area contributed by atoms with Gasteiger partial charge in [0.25, 0.3) is 5.91 Å². The number of phenolic OH excluding ortho intramolecular Hbond substituents is 1. The van der Waals surface area contributed by atoms with Crippen molar-refractivity contribution in [2.45, 2.75) is 20.4 Å². The number of halogens is 2. The number of thiophene rings is 1. The van der Waals surface area contributed by atoms with Crippen LogP contribution in [0.4, 0.5) is 0 Å². The van der Waals surface area contributed by atoms with Gasteiger partial charge in [0.15, 0.2) is 11.5 Å². The molecule has 4 nitrogen and oxygen atoms in total. The van der Waals surface area contributed by atoms with Gasteiger partial charge in [-0.3, -0.25) is 4.79 Å². The van der Waals surface area contributed by atoms with Crippen molar-refractivity contribution in [1.29, 1.82) is 0 Å². The van der Waals surface area contributed by atoms with Gasteiger partial charge in [-0.2, -0.15) is 0 Å². The number of carbonyl (C=O) groups is 1. The molecule has 23 heavy (non-hydrogen) atoms. The molecule has 0 aliphatic rings. The van der Waals surface area contributed by atoms with E-state index < -0.39 is 0 Å². The molecular formula is C16H17Cl2NO3S. The Bertz CT molecular complexity index is 703. The third kappa shape index (κ3) is 4.31. The Morgan fingerprint density at radius 2 is 2.04 bits per heavy atom. The normalized spacial score (nSPS) is 10.6. The van der Waals surface area contributed by atoms with E-state index in [0.29, 0.717) is 29.6 Å². The van der Waals surface area contributed by atoms with Gasteiger partial charge in [-0.15, -0.1) is 11.3 Å². The summed E-state index contributed by atoms with van der Waals surface area (Å²) < 4.78 is 6.01. The minimum absolute atomic E-state index is 0.0921. The Morgan fingerprint density at radius 1 is 1.30 bits per heavy atom. The number of aromatic hydroxyl groups is 1. The average molecular weight is 374 g/mol. The highest BCUT2D eigenvalue weighted by Crippen LogP contribution is 2.35. The third-order valence-corrected chi connectivity index (χ3v) is 4.72.